The minimum absolute atomic E-state index is 0.166. The van der Waals surface area contributed by atoms with Crippen LogP contribution in [0.15, 0.2) is 28.6 Å². The van der Waals surface area contributed by atoms with Crippen LogP contribution >= 0.6 is 0 Å². The number of carbonyl (C=O) groups is 1. The van der Waals surface area contributed by atoms with Gasteiger partial charge in [0.1, 0.15) is 0 Å². The smallest absolute Gasteiger partial charge is 0.252 e. The molecule has 2 rings (SSSR count). The van der Waals surface area contributed by atoms with E-state index in [4.69, 9.17) is 11.2 Å². The Morgan fingerprint density at radius 1 is 1.39 bits per heavy atom. The number of terminal acetylenes is 1. The number of amides is 1. The summed E-state index contributed by atoms with van der Waals surface area (Å²) in [6.45, 7) is 5.24. The number of hydrogen-bond acceptors (Lipinski definition) is 5. The van der Waals surface area contributed by atoms with Crippen LogP contribution in [-0.2, 0) is 0 Å². The van der Waals surface area contributed by atoms with Crippen LogP contribution in [0, 0.1) is 18.3 Å². The molecule has 0 spiro atoms. The highest BCUT2D eigenvalue weighted by Gasteiger charge is 2.38. The number of hydrogen-bond donors (Lipinski definition) is 1. The molecular formula is C17H22N4O2. The Labute approximate surface area is 136 Å². The normalized spacial score (nSPS) is 14.3. The van der Waals surface area contributed by atoms with Gasteiger partial charge in [0.25, 0.3) is 5.91 Å². The fourth-order valence-corrected chi connectivity index (χ4v) is 2.00. The lowest BCUT2D eigenvalue weighted by atomic mass is 10.0. The summed E-state index contributed by atoms with van der Waals surface area (Å²) in [6.07, 6.45) is 8.82. The van der Waals surface area contributed by atoms with Crippen molar-refractivity contribution in [1.29, 1.82) is 0 Å². The van der Waals surface area contributed by atoms with Crippen molar-refractivity contribution >= 4 is 5.91 Å². The fourth-order valence-electron chi connectivity index (χ4n) is 2.00. The summed E-state index contributed by atoms with van der Waals surface area (Å²) in [5.74, 6) is 3.38. The van der Waals surface area contributed by atoms with Gasteiger partial charge in [-0.15, -0.1) is 12.3 Å². The second kappa shape index (κ2) is 7.73. The van der Waals surface area contributed by atoms with Gasteiger partial charge in [-0.3, -0.25) is 4.79 Å². The van der Waals surface area contributed by atoms with E-state index in [-0.39, 0.29) is 11.6 Å². The van der Waals surface area contributed by atoms with E-state index in [9.17, 15) is 4.79 Å². The van der Waals surface area contributed by atoms with Gasteiger partial charge >= 0.3 is 0 Å². The maximum Gasteiger partial charge on any atom is 0.252 e. The van der Waals surface area contributed by atoms with Crippen LogP contribution in [0.5, 0.6) is 5.88 Å². The highest BCUT2D eigenvalue weighted by Crippen LogP contribution is 2.36. The summed E-state index contributed by atoms with van der Waals surface area (Å²) in [5.41, 5.74) is 0.135. The highest BCUT2D eigenvalue weighted by atomic mass is 16.5. The first-order valence-electron chi connectivity index (χ1n) is 7.79. The lowest BCUT2D eigenvalue weighted by Crippen LogP contribution is -2.28. The van der Waals surface area contributed by atoms with Crippen LogP contribution < -0.4 is 10.1 Å². The second-order valence-corrected chi connectivity index (χ2v) is 5.98. The molecule has 1 aliphatic rings. The number of nitrogens with zero attached hydrogens (tertiary/aromatic N) is 3. The summed E-state index contributed by atoms with van der Waals surface area (Å²) in [7, 11) is 0. The Hall–Kier alpha value is -2.42. The van der Waals surface area contributed by atoms with Crippen LogP contribution in [-0.4, -0.2) is 29.7 Å². The van der Waals surface area contributed by atoms with Crippen LogP contribution in [0.2, 0.25) is 0 Å². The van der Waals surface area contributed by atoms with Crippen molar-refractivity contribution in [2.24, 2.45) is 16.1 Å². The van der Waals surface area contributed by atoms with E-state index in [0.717, 1.165) is 6.42 Å². The van der Waals surface area contributed by atoms with Crippen molar-refractivity contribution in [1.82, 2.24) is 10.3 Å². The topological polar surface area (TPSA) is 75.9 Å². The molecule has 0 aliphatic carbocycles. The molecule has 0 atom stereocenters. The van der Waals surface area contributed by atoms with E-state index in [1.165, 1.54) is 6.20 Å². The molecular weight excluding hydrogens is 292 g/mol. The maximum absolute atomic E-state index is 12.1. The fraction of sp³-hybridized carbons (Fsp3) is 0.529. The second-order valence-electron chi connectivity index (χ2n) is 5.98. The first kappa shape index (κ1) is 16.9. The van der Waals surface area contributed by atoms with E-state index in [0.29, 0.717) is 43.4 Å². The Bertz CT molecular complexity index is 596. The average Bonchev–Trinajstić information content (AvgIpc) is 3.31. The molecule has 23 heavy (non-hydrogen) atoms. The molecule has 0 saturated carbocycles. The predicted octanol–water partition coefficient (Wildman–Crippen LogP) is 2.81. The number of carbonyl (C=O) groups excluding carboxylic acids is 1. The van der Waals surface area contributed by atoms with Crippen molar-refractivity contribution in [3.8, 4) is 18.2 Å². The Morgan fingerprint density at radius 2 is 2.17 bits per heavy atom. The third-order valence-corrected chi connectivity index (χ3v) is 3.43. The lowest BCUT2D eigenvalue weighted by molar-refractivity contribution is 0.0951. The summed E-state index contributed by atoms with van der Waals surface area (Å²) in [6, 6.07) is 3.41. The van der Waals surface area contributed by atoms with Gasteiger partial charge in [-0.2, -0.15) is 10.2 Å². The van der Waals surface area contributed by atoms with Crippen molar-refractivity contribution < 1.29 is 9.53 Å². The van der Waals surface area contributed by atoms with Crippen LogP contribution in [0.1, 0.15) is 43.5 Å². The summed E-state index contributed by atoms with van der Waals surface area (Å²) in [4.78, 5) is 16.2. The van der Waals surface area contributed by atoms with E-state index >= 15 is 0 Å². The minimum atomic E-state index is -0.369. The first-order chi connectivity index (χ1) is 11.0. The van der Waals surface area contributed by atoms with Crippen LogP contribution in [0.25, 0.3) is 0 Å². The third kappa shape index (κ3) is 5.37. The van der Waals surface area contributed by atoms with Crippen LogP contribution in [0.3, 0.4) is 0 Å². The summed E-state index contributed by atoms with van der Waals surface area (Å²) in [5, 5.41) is 10.9. The van der Waals surface area contributed by atoms with Crippen molar-refractivity contribution in [3.63, 3.8) is 0 Å². The van der Waals surface area contributed by atoms with E-state index in [1.807, 2.05) is 0 Å². The largest absolute Gasteiger partial charge is 0.477 e. The molecule has 1 N–H and O–H groups in total. The van der Waals surface area contributed by atoms with Crippen molar-refractivity contribution in [2.75, 3.05) is 13.2 Å². The van der Waals surface area contributed by atoms with E-state index in [2.05, 4.69) is 40.3 Å². The quantitative estimate of drug-likeness (QED) is 0.712. The highest BCUT2D eigenvalue weighted by molar-refractivity contribution is 5.93. The molecule has 2 heterocycles. The molecule has 6 nitrogen and oxygen atoms in total. The van der Waals surface area contributed by atoms with Crippen molar-refractivity contribution in [2.45, 2.75) is 38.8 Å². The molecule has 0 aromatic carbocycles. The van der Waals surface area contributed by atoms with Crippen molar-refractivity contribution in [3.05, 3.63) is 23.9 Å². The predicted molar refractivity (Wildman–Crippen MR) is 87.2 cm³/mol. The zero-order valence-corrected chi connectivity index (χ0v) is 13.6. The van der Waals surface area contributed by atoms with Gasteiger partial charge in [-0.25, -0.2) is 4.98 Å². The number of nitrogens with one attached hydrogen (secondary N) is 1. The standard InChI is InChI=1S/C17H22N4O2/c1-4-5-8-17(20-21-17)9-10-18-16(22)14-6-7-15(19-11-14)23-12-13(2)3/h1,6-7,11,13H,5,8-10,12H2,2-3H3,(H,18,22). The molecule has 0 saturated heterocycles. The summed E-state index contributed by atoms with van der Waals surface area (Å²) >= 11 is 0. The number of rotatable bonds is 9. The zero-order chi connectivity index (χ0) is 16.7. The van der Waals surface area contributed by atoms with Gasteiger partial charge < -0.3 is 10.1 Å². The monoisotopic (exact) mass is 314 g/mol. The molecule has 1 amide bonds. The SMILES string of the molecule is C#CCCC1(CCNC(=O)c2ccc(OCC(C)C)nc2)N=N1. The Balaban J connectivity index is 1.74. The van der Waals surface area contributed by atoms with Gasteiger partial charge in [0.15, 0.2) is 5.66 Å². The van der Waals surface area contributed by atoms with Gasteiger partial charge in [0, 0.05) is 38.1 Å². The van der Waals surface area contributed by atoms with Gasteiger partial charge in [0.05, 0.1) is 12.2 Å². The Morgan fingerprint density at radius 3 is 2.74 bits per heavy atom. The molecule has 122 valence electrons. The molecule has 1 aromatic rings. The number of pyridine rings is 1. The lowest BCUT2D eigenvalue weighted by Gasteiger charge is -2.10. The molecule has 0 fully saturated rings. The van der Waals surface area contributed by atoms with Crippen LogP contribution in [0.4, 0.5) is 0 Å². The molecule has 0 unspecified atom stereocenters. The third-order valence-electron chi connectivity index (χ3n) is 3.43. The number of ether oxygens (including phenoxy) is 1. The molecule has 0 bridgehead atoms. The van der Waals surface area contributed by atoms with E-state index < -0.39 is 0 Å². The molecule has 1 aliphatic heterocycles. The molecule has 6 heteroatoms. The number of aromatic nitrogens is 1. The zero-order valence-electron chi connectivity index (χ0n) is 13.6. The maximum atomic E-state index is 12.1. The Kier molecular flexibility index (Phi) is 5.69. The van der Waals surface area contributed by atoms with Gasteiger partial charge in [-0.05, 0) is 12.0 Å². The molecule has 0 radical (unpaired) electrons. The van der Waals surface area contributed by atoms with Gasteiger partial charge in [0.2, 0.25) is 5.88 Å². The minimum Gasteiger partial charge on any atom is -0.477 e. The average molecular weight is 314 g/mol. The molecule has 1 aromatic heterocycles. The van der Waals surface area contributed by atoms with E-state index in [1.54, 1.807) is 12.1 Å². The first-order valence-corrected chi connectivity index (χ1v) is 7.79. The summed E-state index contributed by atoms with van der Waals surface area (Å²) < 4.78 is 5.49. The van der Waals surface area contributed by atoms with Gasteiger partial charge in [-0.1, -0.05) is 13.8 Å².